The van der Waals surface area contributed by atoms with Crippen LogP contribution in [0.1, 0.15) is 74.2 Å². The molecule has 282 valence electrons. The summed E-state index contributed by atoms with van der Waals surface area (Å²) in [6, 6.07) is 14.0. The minimum Gasteiger partial charge on any atom is -0.480 e. The number of rotatable bonds is 11. The summed E-state index contributed by atoms with van der Waals surface area (Å²) in [5, 5.41) is 17.3. The SMILES string of the molecule is CCC1NC(C(=O)O)CC12CCN(c1cc(O[C@H](c3ccc(-c4ccc(C(=O)N(CC)CC)cc4)cc3-n3ccc(C)n3)C(F)(F)F)nc(N)n1)CC2. The minimum absolute atomic E-state index is 0.0490. The molecule has 15 heteroatoms. The Morgan fingerprint density at radius 3 is 2.30 bits per heavy atom. The number of ether oxygens (including phenoxy) is 1. The summed E-state index contributed by atoms with van der Waals surface area (Å²) >= 11 is 0. The van der Waals surface area contributed by atoms with Crippen molar-refractivity contribution < 1.29 is 32.6 Å². The van der Waals surface area contributed by atoms with E-state index in [9.17, 15) is 14.7 Å². The molecule has 6 rings (SSSR count). The van der Waals surface area contributed by atoms with Crippen molar-refractivity contribution in [3.05, 3.63) is 77.6 Å². The third-order valence-electron chi connectivity index (χ3n) is 10.6. The summed E-state index contributed by atoms with van der Waals surface area (Å²) in [5.74, 6) is -1.21. The van der Waals surface area contributed by atoms with Crippen LogP contribution in [0.5, 0.6) is 5.88 Å². The van der Waals surface area contributed by atoms with Crippen LogP contribution >= 0.6 is 0 Å². The number of carboxylic acids is 1. The normalized spacial score (nSPS) is 19.0. The van der Waals surface area contributed by atoms with Crippen molar-refractivity contribution in [2.45, 2.75) is 77.7 Å². The van der Waals surface area contributed by atoms with Gasteiger partial charge in [-0.1, -0.05) is 31.2 Å². The van der Waals surface area contributed by atoms with Crippen LogP contribution in [0.2, 0.25) is 0 Å². The van der Waals surface area contributed by atoms with Gasteiger partial charge in [-0.15, -0.1) is 0 Å². The van der Waals surface area contributed by atoms with E-state index in [2.05, 4.69) is 20.4 Å². The molecule has 2 saturated heterocycles. The van der Waals surface area contributed by atoms with Gasteiger partial charge in [0.05, 0.1) is 11.4 Å². The number of carbonyl (C=O) groups is 2. The molecule has 4 N–H and O–H groups in total. The number of anilines is 2. The van der Waals surface area contributed by atoms with Gasteiger partial charge in [0.25, 0.3) is 5.91 Å². The summed E-state index contributed by atoms with van der Waals surface area (Å²) in [4.78, 5) is 36.6. The van der Waals surface area contributed by atoms with E-state index in [1.807, 2.05) is 25.7 Å². The Balaban J connectivity index is 1.29. The van der Waals surface area contributed by atoms with E-state index in [4.69, 9.17) is 10.5 Å². The quantitative estimate of drug-likeness (QED) is 0.163. The van der Waals surface area contributed by atoms with E-state index in [1.54, 1.807) is 60.5 Å². The summed E-state index contributed by atoms with van der Waals surface area (Å²) < 4.78 is 52.1. The Bertz CT molecular complexity index is 1940. The fourth-order valence-electron chi connectivity index (χ4n) is 7.74. The number of hydrogen-bond acceptors (Lipinski definition) is 9. The topological polar surface area (TPSA) is 152 Å². The van der Waals surface area contributed by atoms with Crippen LogP contribution < -0.4 is 20.7 Å². The number of hydrogen-bond donors (Lipinski definition) is 3. The zero-order valence-corrected chi connectivity index (χ0v) is 30.2. The number of carbonyl (C=O) groups excluding carboxylic acids is 1. The Labute approximate surface area is 306 Å². The summed E-state index contributed by atoms with van der Waals surface area (Å²) in [6.07, 6.45) is -3.06. The van der Waals surface area contributed by atoms with Gasteiger partial charge in [0, 0.05) is 55.6 Å². The first kappa shape index (κ1) is 37.6. The molecule has 0 radical (unpaired) electrons. The standard InChI is InChI=1S/C38H45F3N8O4/c1-5-30-37(22-28(43-30)35(51)52)15-18-48(19-16-37)31-21-32(45-36(42)44-31)53-33(38(39,40)41)27-13-12-26(20-29(27)49-17-14-23(4)46-49)24-8-10-25(11-9-24)34(50)47(6-2)7-3/h8-14,17,20-21,28,30,33,43H,5-7,15-16,18-19,22H2,1-4H3,(H,51,52)(H2,42,44,45)/t28?,30?,33-/m1/s1. The van der Waals surface area contributed by atoms with E-state index >= 15 is 13.2 Å². The molecular formula is C38H45F3N8O4. The second-order valence-electron chi connectivity index (χ2n) is 13.8. The summed E-state index contributed by atoms with van der Waals surface area (Å²) in [7, 11) is 0. The molecule has 12 nitrogen and oxygen atoms in total. The zero-order valence-electron chi connectivity index (χ0n) is 30.2. The second-order valence-corrected chi connectivity index (χ2v) is 13.8. The maximum atomic E-state index is 15.0. The molecule has 1 amide bonds. The Hall–Kier alpha value is -5.18. The van der Waals surface area contributed by atoms with E-state index in [0.29, 0.717) is 73.6 Å². The number of aliphatic carboxylic acids is 1. The number of carboxylic acid groups (broad SMARTS) is 1. The molecule has 3 atom stereocenters. The second kappa shape index (κ2) is 15.0. The van der Waals surface area contributed by atoms with Crippen LogP contribution in [0.25, 0.3) is 16.8 Å². The number of aromatic nitrogens is 4. The number of nitrogen functional groups attached to an aromatic ring is 1. The van der Waals surface area contributed by atoms with Crippen LogP contribution in [0.4, 0.5) is 24.9 Å². The van der Waals surface area contributed by atoms with Crippen molar-refractivity contribution in [3.8, 4) is 22.7 Å². The maximum Gasteiger partial charge on any atom is 0.429 e. The van der Waals surface area contributed by atoms with Crippen LogP contribution in [-0.4, -0.2) is 86.1 Å². The van der Waals surface area contributed by atoms with Crippen molar-refractivity contribution in [1.82, 2.24) is 30.0 Å². The van der Waals surface area contributed by atoms with E-state index in [1.165, 1.54) is 16.8 Å². The number of alkyl halides is 3. The van der Waals surface area contributed by atoms with Crippen LogP contribution in [0.3, 0.4) is 0 Å². The Morgan fingerprint density at radius 2 is 1.72 bits per heavy atom. The van der Waals surface area contributed by atoms with Crippen molar-refractivity contribution in [3.63, 3.8) is 0 Å². The number of halogens is 3. The highest BCUT2D eigenvalue weighted by atomic mass is 19.4. The third-order valence-corrected chi connectivity index (χ3v) is 10.6. The van der Waals surface area contributed by atoms with Gasteiger partial charge >= 0.3 is 12.1 Å². The number of nitrogens with zero attached hydrogens (tertiary/aromatic N) is 6. The number of nitrogens with one attached hydrogen (secondary N) is 1. The van der Waals surface area contributed by atoms with Gasteiger partial charge in [-0.3, -0.25) is 9.59 Å². The van der Waals surface area contributed by atoms with E-state index < -0.39 is 24.3 Å². The molecule has 2 fully saturated rings. The third kappa shape index (κ3) is 7.80. The maximum absolute atomic E-state index is 15.0. The predicted octanol–water partition coefficient (Wildman–Crippen LogP) is 6.20. The molecule has 4 heterocycles. The fraction of sp³-hybridized carbons (Fsp3) is 0.447. The van der Waals surface area contributed by atoms with Gasteiger partial charge in [-0.05, 0) is 87.3 Å². The molecule has 2 aliphatic heterocycles. The Morgan fingerprint density at radius 1 is 1.04 bits per heavy atom. The molecule has 0 bridgehead atoms. The smallest absolute Gasteiger partial charge is 0.429 e. The van der Waals surface area contributed by atoms with Gasteiger partial charge < -0.3 is 30.7 Å². The molecule has 2 aliphatic rings. The first-order valence-electron chi connectivity index (χ1n) is 17.9. The average Bonchev–Trinajstić information content (AvgIpc) is 3.74. The van der Waals surface area contributed by atoms with E-state index in [0.717, 1.165) is 6.42 Å². The fourth-order valence-corrected chi connectivity index (χ4v) is 7.74. The highest BCUT2D eigenvalue weighted by Gasteiger charge is 2.50. The molecule has 2 unspecified atom stereocenters. The average molecular weight is 735 g/mol. The lowest BCUT2D eigenvalue weighted by molar-refractivity contribution is -0.198. The summed E-state index contributed by atoms with van der Waals surface area (Å²) in [5.41, 5.74) is 8.26. The first-order chi connectivity index (χ1) is 25.2. The molecule has 4 aromatic rings. The predicted molar refractivity (Wildman–Crippen MR) is 194 cm³/mol. The number of benzene rings is 2. The summed E-state index contributed by atoms with van der Waals surface area (Å²) in [6.45, 7) is 9.76. The number of nitrogens with two attached hydrogens (primary N) is 1. The van der Waals surface area contributed by atoms with Crippen LogP contribution in [0.15, 0.2) is 60.8 Å². The van der Waals surface area contributed by atoms with Gasteiger partial charge in [0.1, 0.15) is 11.9 Å². The number of piperidine rings is 1. The molecule has 1 spiro atoms. The van der Waals surface area contributed by atoms with E-state index in [-0.39, 0.29) is 40.4 Å². The van der Waals surface area contributed by atoms with Gasteiger partial charge in [-0.2, -0.15) is 28.2 Å². The lowest BCUT2D eigenvalue weighted by Gasteiger charge is -2.43. The molecule has 0 saturated carbocycles. The highest BCUT2D eigenvalue weighted by Crippen LogP contribution is 2.46. The molecule has 2 aromatic heterocycles. The van der Waals surface area contributed by atoms with Crippen molar-refractivity contribution >= 4 is 23.6 Å². The first-order valence-corrected chi connectivity index (χ1v) is 17.9. The lowest BCUT2D eigenvalue weighted by Crippen LogP contribution is -2.46. The lowest BCUT2D eigenvalue weighted by atomic mass is 9.71. The van der Waals surface area contributed by atoms with Crippen LogP contribution in [-0.2, 0) is 4.79 Å². The largest absolute Gasteiger partial charge is 0.480 e. The minimum atomic E-state index is -4.87. The zero-order chi connectivity index (χ0) is 38.1. The van der Waals surface area contributed by atoms with Gasteiger partial charge in [0.15, 0.2) is 0 Å². The number of aryl methyl sites for hydroxylation is 1. The monoisotopic (exact) mass is 734 g/mol. The molecule has 2 aromatic carbocycles. The van der Waals surface area contributed by atoms with Crippen LogP contribution in [0, 0.1) is 12.3 Å². The molecule has 0 aliphatic carbocycles. The van der Waals surface area contributed by atoms with Crippen molar-refractivity contribution in [1.29, 1.82) is 0 Å². The van der Waals surface area contributed by atoms with Gasteiger partial charge in [-0.25, -0.2) is 4.68 Å². The molecule has 53 heavy (non-hydrogen) atoms. The number of amides is 1. The Kier molecular flexibility index (Phi) is 10.7. The highest BCUT2D eigenvalue weighted by molar-refractivity contribution is 5.94. The van der Waals surface area contributed by atoms with Crippen molar-refractivity contribution in [2.24, 2.45) is 5.41 Å². The van der Waals surface area contributed by atoms with Crippen molar-refractivity contribution in [2.75, 3.05) is 36.8 Å². The molecular weight excluding hydrogens is 689 g/mol. The van der Waals surface area contributed by atoms with Gasteiger partial charge in [0.2, 0.25) is 17.9 Å².